The molecule has 0 aromatic heterocycles. The number of carbonyl (C=O) groups is 1. The van der Waals surface area contributed by atoms with Crippen LogP contribution in [0, 0.1) is 0 Å². The van der Waals surface area contributed by atoms with Crippen LogP contribution in [0.15, 0.2) is 78.9 Å². The first kappa shape index (κ1) is 18.5. The monoisotopic (exact) mass is 361 g/mol. The Morgan fingerprint density at radius 1 is 0.778 bits per heavy atom. The number of rotatable bonds is 7. The molecule has 3 aromatic carbocycles. The molecule has 138 valence electrons. The minimum atomic E-state index is -0.0813. The molecule has 0 heterocycles. The lowest BCUT2D eigenvalue weighted by molar-refractivity contribution is 0.0726. The van der Waals surface area contributed by atoms with Crippen LogP contribution in [0.1, 0.15) is 21.5 Å². The zero-order chi connectivity index (χ0) is 19.1. The number of amides is 1. The van der Waals surface area contributed by atoms with Crippen molar-refractivity contribution < 1.29 is 14.3 Å². The van der Waals surface area contributed by atoms with E-state index in [0.29, 0.717) is 30.2 Å². The van der Waals surface area contributed by atoms with Gasteiger partial charge in [0.15, 0.2) is 0 Å². The Hall–Kier alpha value is -3.27. The van der Waals surface area contributed by atoms with Crippen LogP contribution in [0.4, 0.5) is 0 Å². The molecule has 0 N–H and O–H groups in total. The van der Waals surface area contributed by atoms with Gasteiger partial charge in [-0.15, -0.1) is 0 Å². The van der Waals surface area contributed by atoms with E-state index in [9.17, 15) is 4.79 Å². The third kappa shape index (κ3) is 4.67. The molecule has 27 heavy (non-hydrogen) atoms. The molecule has 4 nitrogen and oxygen atoms in total. The van der Waals surface area contributed by atoms with E-state index >= 15 is 0 Å². The summed E-state index contributed by atoms with van der Waals surface area (Å²) in [5.41, 5.74) is 2.67. The second-order valence-corrected chi connectivity index (χ2v) is 6.20. The lowest BCUT2D eigenvalue weighted by Gasteiger charge is -2.24. The van der Waals surface area contributed by atoms with E-state index in [4.69, 9.17) is 9.47 Å². The largest absolute Gasteiger partial charge is 0.497 e. The molecule has 0 atom stereocenters. The lowest BCUT2D eigenvalue weighted by atomic mass is 10.1. The molecule has 0 radical (unpaired) electrons. The summed E-state index contributed by atoms with van der Waals surface area (Å²) in [6.45, 7) is 1.04. The van der Waals surface area contributed by atoms with Gasteiger partial charge in [0.2, 0.25) is 0 Å². The summed E-state index contributed by atoms with van der Waals surface area (Å²) in [6, 6.07) is 25.2. The molecule has 0 aliphatic heterocycles. The standard InChI is InChI=1S/C23H23NO3/c1-26-20-13-14-21(22(15-20)27-2)23(25)24(16-18-9-5-3-6-10-18)17-19-11-7-4-8-12-19/h3-15H,16-17H2,1-2H3. The minimum absolute atomic E-state index is 0.0813. The van der Waals surface area contributed by atoms with Crippen LogP contribution in [-0.4, -0.2) is 25.0 Å². The maximum Gasteiger partial charge on any atom is 0.258 e. The van der Waals surface area contributed by atoms with E-state index in [2.05, 4.69) is 0 Å². The Balaban J connectivity index is 1.92. The predicted octanol–water partition coefficient (Wildman–Crippen LogP) is 4.55. The summed E-state index contributed by atoms with van der Waals surface area (Å²) in [6.07, 6.45) is 0. The van der Waals surface area contributed by atoms with Crippen molar-refractivity contribution in [3.63, 3.8) is 0 Å². The topological polar surface area (TPSA) is 38.8 Å². The average molecular weight is 361 g/mol. The van der Waals surface area contributed by atoms with Crippen molar-refractivity contribution in [2.75, 3.05) is 14.2 Å². The molecule has 3 rings (SSSR count). The summed E-state index contributed by atoms with van der Waals surface area (Å²) < 4.78 is 10.7. The summed E-state index contributed by atoms with van der Waals surface area (Å²) in [7, 11) is 3.15. The van der Waals surface area contributed by atoms with Gasteiger partial charge in [-0.3, -0.25) is 4.79 Å². The van der Waals surface area contributed by atoms with Gasteiger partial charge in [-0.1, -0.05) is 60.7 Å². The minimum Gasteiger partial charge on any atom is -0.497 e. The maximum atomic E-state index is 13.3. The molecular weight excluding hydrogens is 338 g/mol. The highest BCUT2D eigenvalue weighted by molar-refractivity contribution is 5.97. The predicted molar refractivity (Wildman–Crippen MR) is 106 cm³/mol. The van der Waals surface area contributed by atoms with Gasteiger partial charge in [-0.25, -0.2) is 0 Å². The summed E-state index contributed by atoms with van der Waals surface area (Å²) in [4.78, 5) is 15.2. The fourth-order valence-corrected chi connectivity index (χ4v) is 2.95. The molecule has 0 spiro atoms. The Labute approximate surface area is 160 Å². The van der Waals surface area contributed by atoms with E-state index in [1.807, 2.05) is 65.6 Å². The van der Waals surface area contributed by atoms with Crippen LogP contribution in [-0.2, 0) is 13.1 Å². The first-order valence-electron chi connectivity index (χ1n) is 8.80. The van der Waals surface area contributed by atoms with Crippen LogP contribution >= 0.6 is 0 Å². The van der Waals surface area contributed by atoms with Gasteiger partial charge < -0.3 is 14.4 Å². The molecule has 0 bridgehead atoms. The number of methoxy groups -OCH3 is 2. The summed E-state index contributed by atoms with van der Waals surface area (Å²) in [5.74, 6) is 1.08. The smallest absolute Gasteiger partial charge is 0.258 e. The molecule has 1 amide bonds. The van der Waals surface area contributed by atoms with Gasteiger partial charge in [0.1, 0.15) is 11.5 Å². The van der Waals surface area contributed by atoms with Gasteiger partial charge >= 0.3 is 0 Å². The normalized spacial score (nSPS) is 10.3. The van der Waals surface area contributed by atoms with Crippen LogP contribution in [0.5, 0.6) is 11.5 Å². The number of ether oxygens (including phenoxy) is 2. The Morgan fingerprint density at radius 2 is 1.33 bits per heavy atom. The zero-order valence-corrected chi connectivity index (χ0v) is 15.6. The van der Waals surface area contributed by atoms with Crippen molar-refractivity contribution in [3.05, 3.63) is 95.6 Å². The molecule has 0 saturated heterocycles. The number of benzene rings is 3. The van der Waals surface area contributed by atoms with Crippen molar-refractivity contribution in [2.24, 2.45) is 0 Å². The van der Waals surface area contributed by atoms with E-state index in [-0.39, 0.29) is 5.91 Å². The van der Waals surface area contributed by atoms with Gasteiger partial charge in [-0.05, 0) is 23.3 Å². The van der Waals surface area contributed by atoms with Crippen molar-refractivity contribution >= 4 is 5.91 Å². The maximum absolute atomic E-state index is 13.3. The number of nitrogens with zero attached hydrogens (tertiary/aromatic N) is 1. The Morgan fingerprint density at radius 3 is 1.81 bits per heavy atom. The third-order valence-corrected chi connectivity index (χ3v) is 4.36. The molecule has 3 aromatic rings. The van der Waals surface area contributed by atoms with Gasteiger partial charge in [-0.2, -0.15) is 0 Å². The first-order chi connectivity index (χ1) is 13.2. The van der Waals surface area contributed by atoms with E-state index < -0.39 is 0 Å². The highest BCUT2D eigenvalue weighted by atomic mass is 16.5. The van der Waals surface area contributed by atoms with Crippen molar-refractivity contribution in [1.82, 2.24) is 4.90 Å². The van der Waals surface area contributed by atoms with E-state index in [1.54, 1.807) is 32.4 Å². The summed E-state index contributed by atoms with van der Waals surface area (Å²) >= 11 is 0. The van der Waals surface area contributed by atoms with Crippen molar-refractivity contribution in [3.8, 4) is 11.5 Å². The first-order valence-corrected chi connectivity index (χ1v) is 8.80. The van der Waals surface area contributed by atoms with E-state index in [0.717, 1.165) is 11.1 Å². The van der Waals surface area contributed by atoms with Crippen LogP contribution in [0.3, 0.4) is 0 Å². The molecule has 0 saturated carbocycles. The van der Waals surface area contributed by atoms with Gasteiger partial charge in [0, 0.05) is 19.2 Å². The SMILES string of the molecule is COc1ccc(C(=O)N(Cc2ccccc2)Cc2ccccc2)c(OC)c1. The van der Waals surface area contributed by atoms with Crippen molar-refractivity contribution in [2.45, 2.75) is 13.1 Å². The number of carbonyl (C=O) groups excluding carboxylic acids is 1. The second-order valence-electron chi connectivity index (χ2n) is 6.20. The molecule has 4 heteroatoms. The second kappa shape index (κ2) is 8.90. The Bertz CT molecular complexity index is 837. The quantitative estimate of drug-likeness (QED) is 0.620. The number of hydrogen-bond acceptors (Lipinski definition) is 3. The fraction of sp³-hybridized carbons (Fsp3) is 0.174. The summed E-state index contributed by atoms with van der Waals surface area (Å²) in [5, 5.41) is 0. The third-order valence-electron chi connectivity index (χ3n) is 4.36. The molecule has 0 aliphatic carbocycles. The Kier molecular flexibility index (Phi) is 6.10. The number of hydrogen-bond donors (Lipinski definition) is 0. The highest BCUT2D eigenvalue weighted by Gasteiger charge is 2.21. The lowest BCUT2D eigenvalue weighted by Crippen LogP contribution is -2.30. The molecule has 0 unspecified atom stereocenters. The van der Waals surface area contributed by atoms with Crippen LogP contribution < -0.4 is 9.47 Å². The highest BCUT2D eigenvalue weighted by Crippen LogP contribution is 2.27. The van der Waals surface area contributed by atoms with Crippen molar-refractivity contribution in [1.29, 1.82) is 0 Å². The van der Waals surface area contributed by atoms with E-state index in [1.165, 1.54) is 0 Å². The fourth-order valence-electron chi connectivity index (χ4n) is 2.95. The van der Waals surface area contributed by atoms with Gasteiger partial charge in [0.25, 0.3) is 5.91 Å². The molecule has 0 fully saturated rings. The molecular formula is C23H23NO3. The van der Waals surface area contributed by atoms with Crippen LogP contribution in [0.25, 0.3) is 0 Å². The average Bonchev–Trinajstić information content (AvgIpc) is 2.73. The zero-order valence-electron chi connectivity index (χ0n) is 15.6. The van der Waals surface area contributed by atoms with Crippen LogP contribution in [0.2, 0.25) is 0 Å². The molecule has 0 aliphatic rings. The van der Waals surface area contributed by atoms with Gasteiger partial charge in [0.05, 0.1) is 19.8 Å².